The number of hydrogen-bond acceptors (Lipinski definition) is 4. The molecule has 1 unspecified atom stereocenters. The van der Waals surface area contributed by atoms with E-state index in [0.29, 0.717) is 11.5 Å². The van der Waals surface area contributed by atoms with E-state index in [1.165, 1.54) is 31.2 Å². The first kappa shape index (κ1) is 15.1. The van der Waals surface area contributed by atoms with E-state index in [9.17, 15) is 0 Å². The highest BCUT2D eigenvalue weighted by Crippen LogP contribution is 2.37. The Bertz CT molecular complexity index is 442. The van der Waals surface area contributed by atoms with Gasteiger partial charge < -0.3 is 10.6 Å². The molecule has 0 aliphatic heterocycles. The fourth-order valence-corrected chi connectivity index (χ4v) is 3.12. The molecule has 1 atom stereocenters. The van der Waals surface area contributed by atoms with Crippen LogP contribution in [0.15, 0.2) is 6.33 Å². The van der Waals surface area contributed by atoms with Gasteiger partial charge in [-0.2, -0.15) is 0 Å². The normalized spacial score (nSPS) is 21.5. The molecule has 0 aromatic carbocycles. The quantitative estimate of drug-likeness (QED) is 0.857. The number of aromatic nitrogens is 2. The summed E-state index contributed by atoms with van der Waals surface area (Å²) in [5.74, 6) is 1.99. The summed E-state index contributed by atoms with van der Waals surface area (Å²) in [5.41, 5.74) is 1.54. The lowest BCUT2D eigenvalue weighted by molar-refractivity contribution is 0.216. The van der Waals surface area contributed by atoms with Gasteiger partial charge in [0.2, 0.25) is 0 Å². The van der Waals surface area contributed by atoms with Crippen molar-refractivity contribution in [2.24, 2.45) is 5.41 Å². The lowest BCUT2D eigenvalue weighted by atomic mass is 9.73. The molecule has 1 aromatic rings. The second-order valence-electron chi connectivity index (χ2n) is 6.36. The zero-order chi connectivity index (χ0) is 14.6. The third kappa shape index (κ3) is 3.22. The van der Waals surface area contributed by atoms with Crippen molar-refractivity contribution < 1.29 is 0 Å². The van der Waals surface area contributed by atoms with Crippen LogP contribution in [-0.4, -0.2) is 22.6 Å². The van der Waals surface area contributed by atoms with Gasteiger partial charge in [0.1, 0.15) is 18.0 Å². The van der Waals surface area contributed by atoms with Gasteiger partial charge in [0.15, 0.2) is 0 Å². The average molecular weight is 276 g/mol. The molecule has 0 amide bonds. The Kier molecular flexibility index (Phi) is 4.84. The van der Waals surface area contributed by atoms with E-state index >= 15 is 0 Å². The van der Waals surface area contributed by atoms with Crippen LogP contribution in [0.25, 0.3) is 0 Å². The van der Waals surface area contributed by atoms with Crippen LogP contribution in [0.1, 0.15) is 58.9 Å². The Labute approximate surface area is 122 Å². The molecule has 1 heterocycles. The molecule has 0 radical (unpaired) electrons. The van der Waals surface area contributed by atoms with Gasteiger partial charge in [-0.15, -0.1) is 0 Å². The first-order valence-electron chi connectivity index (χ1n) is 7.92. The predicted octanol–water partition coefficient (Wildman–Crippen LogP) is 3.85. The Hall–Kier alpha value is -1.32. The van der Waals surface area contributed by atoms with Gasteiger partial charge in [-0.1, -0.05) is 33.6 Å². The molecule has 0 bridgehead atoms. The van der Waals surface area contributed by atoms with Crippen molar-refractivity contribution in [1.29, 1.82) is 0 Å². The molecule has 2 rings (SSSR count). The molecular formula is C16H28N4. The summed E-state index contributed by atoms with van der Waals surface area (Å²) >= 11 is 0. The SMILES string of the molecule is CCNc1ncnc(NC2CCCCC2(C)C)c1CC. The van der Waals surface area contributed by atoms with Gasteiger partial charge in [0, 0.05) is 18.2 Å². The smallest absolute Gasteiger partial charge is 0.134 e. The summed E-state index contributed by atoms with van der Waals surface area (Å²) in [6.45, 7) is 9.87. The van der Waals surface area contributed by atoms with Gasteiger partial charge in [-0.05, 0) is 31.6 Å². The van der Waals surface area contributed by atoms with E-state index in [1.807, 2.05) is 0 Å². The van der Waals surface area contributed by atoms with Gasteiger partial charge in [0.25, 0.3) is 0 Å². The van der Waals surface area contributed by atoms with Gasteiger partial charge in [-0.3, -0.25) is 0 Å². The number of anilines is 2. The van der Waals surface area contributed by atoms with Crippen LogP contribution in [0.3, 0.4) is 0 Å². The fraction of sp³-hybridized carbons (Fsp3) is 0.750. The van der Waals surface area contributed by atoms with Crippen LogP contribution in [0.4, 0.5) is 11.6 Å². The standard InChI is InChI=1S/C16H28N4/c1-5-12-14(17-6-2)18-11-19-15(12)20-13-9-7-8-10-16(13,3)4/h11,13H,5-10H2,1-4H3,(H2,17,18,19,20). The highest BCUT2D eigenvalue weighted by atomic mass is 15.1. The van der Waals surface area contributed by atoms with Crippen molar-refractivity contribution in [3.8, 4) is 0 Å². The van der Waals surface area contributed by atoms with Gasteiger partial charge in [0.05, 0.1) is 0 Å². The average Bonchev–Trinajstić information content (AvgIpc) is 2.42. The van der Waals surface area contributed by atoms with Crippen LogP contribution < -0.4 is 10.6 Å². The summed E-state index contributed by atoms with van der Waals surface area (Å²) in [6, 6.07) is 0.505. The Balaban J connectivity index is 2.22. The molecule has 2 N–H and O–H groups in total. The maximum absolute atomic E-state index is 4.49. The molecule has 112 valence electrons. The largest absolute Gasteiger partial charge is 0.370 e. The van der Waals surface area contributed by atoms with Crippen LogP contribution in [-0.2, 0) is 6.42 Å². The van der Waals surface area contributed by atoms with Crippen molar-refractivity contribution in [2.75, 3.05) is 17.2 Å². The Morgan fingerprint density at radius 1 is 1.20 bits per heavy atom. The van der Waals surface area contributed by atoms with Gasteiger partial charge >= 0.3 is 0 Å². The summed E-state index contributed by atoms with van der Waals surface area (Å²) in [5, 5.41) is 7.03. The summed E-state index contributed by atoms with van der Waals surface area (Å²) in [4.78, 5) is 8.86. The van der Waals surface area contributed by atoms with Crippen LogP contribution in [0, 0.1) is 5.41 Å². The number of nitrogens with one attached hydrogen (secondary N) is 2. The highest BCUT2D eigenvalue weighted by Gasteiger charge is 2.32. The first-order chi connectivity index (χ1) is 9.58. The van der Waals surface area contributed by atoms with E-state index in [4.69, 9.17) is 0 Å². The zero-order valence-corrected chi connectivity index (χ0v) is 13.3. The molecule has 0 saturated heterocycles. The summed E-state index contributed by atoms with van der Waals surface area (Å²) < 4.78 is 0. The molecule has 1 aliphatic carbocycles. The third-order valence-electron chi connectivity index (χ3n) is 4.46. The number of nitrogens with zero attached hydrogens (tertiary/aromatic N) is 2. The molecule has 4 heteroatoms. The maximum Gasteiger partial charge on any atom is 0.134 e. The third-order valence-corrected chi connectivity index (χ3v) is 4.46. The fourth-order valence-electron chi connectivity index (χ4n) is 3.12. The summed E-state index contributed by atoms with van der Waals surface area (Å²) in [6.07, 6.45) is 7.79. The zero-order valence-electron chi connectivity index (χ0n) is 13.3. The van der Waals surface area contributed by atoms with Crippen molar-refractivity contribution in [3.05, 3.63) is 11.9 Å². The van der Waals surface area contributed by atoms with Crippen molar-refractivity contribution in [2.45, 2.75) is 65.8 Å². The molecule has 1 aromatic heterocycles. The molecule has 1 saturated carbocycles. The second kappa shape index (κ2) is 6.42. The monoisotopic (exact) mass is 276 g/mol. The van der Waals surface area contributed by atoms with Gasteiger partial charge in [-0.25, -0.2) is 9.97 Å². The van der Waals surface area contributed by atoms with Crippen LogP contribution in [0.2, 0.25) is 0 Å². The number of rotatable bonds is 5. The van der Waals surface area contributed by atoms with Crippen LogP contribution in [0.5, 0.6) is 0 Å². The topological polar surface area (TPSA) is 49.8 Å². The predicted molar refractivity (Wildman–Crippen MR) is 85.2 cm³/mol. The number of hydrogen-bond donors (Lipinski definition) is 2. The molecular weight excluding hydrogens is 248 g/mol. The minimum absolute atomic E-state index is 0.340. The molecule has 20 heavy (non-hydrogen) atoms. The van der Waals surface area contributed by atoms with E-state index in [-0.39, 0.29) is 0 Å². The van der Waals surface area contributed by atoms with E-state index < -0.39 is 0 Å². The highest BCUT2D eigenvalue weighted by molar-refractivity contribution is 5.57. The maximum atomic E-state index is 4.49. The first-order valence-corrected chi connectivity index (χ1v) is 7.92. The second-order valence-corrected chi connectivity index (χ2v) is 6.36. The minimum Gasteiger partial charge on any atom is -0.370 e. The molecule has 0 spiro atoms. The van der Waals surface area contributed by atoms with E-state index in [0.717, 1.165) is 24.6 Å². The molecule has 1 aliphatic rings. The molecule has 4 nitrogen and oxygen atoms in total. The Morgan fingerprint density at radius 2 is 1.95 bits per heavy atom. The minimum atomic E-state index is 0.340. The van der Waals surface area contributed by atoms with E-state index in [1.54, 1.807) is 6.33 Å². The summed E-state index contributed by atoms with van der Waals surface area (Å²) in [7, 11) is 0. The molecule has 1 fully saturated rings. The van der Waals surface area contributed by atoms with E-state index in [2.05, 4.69) is 48.3 Å². The van der Waals surface area contributed by atoms with Crippen LogP contribution >= 0.6 is 0 Å². The lowest BCUT2D eigenvalue weighted by Crippen LogP contribution is -2.39. The lowest BCUT2D eigenvalue weighted by Gasteiger charge is -2.39. The Morgan fingerprint density at radius 3 is 2.60 bits per heavy atom. The van der Waals surface area contributed by atoms with Crippen molar-refractivity contribution in [3.63, 3.8) is 0 Å². The van der Waals surface area contributed by atoms with Crippen molar-refractivity contribution in [1.82, 2.24) is 9.97 Å². The van der Waals surface area contributed by atoms with Crippen molar-refractivity contribution >= 4 is 11.6 Å².